The second kappa shape index (κ2) is 7.83. The van der Waals surface area contributed by atoms with Gasteiger partial charge in [-0.2, -0.15) is 0 Å². The number of hydrogen-bond acceptors (Lipinski definition) is 3. The van der Waals surface area contributed by atoms with E-state index in [1.807, 2.05) is 47.0 Å². The van der Waals surface area contributed by atoms with Crippen LogP contribution in [0.5, 0.6) is 0 Å². The molecule has 0 aliphatic heterocycles. The van der Waals surface area contributed by atoms with Gasteiger partial charge in [0.25, 0.3) is 0 Å². The third-order valence-electron chi connectivity index (χ3n) is 3.54. The molecule has 0 radical (unpaired) electrons. The molecule has 0 bridgehead atoms. The van der Waals surface area contributed by atoms with Crippen LogP contribution in [0.2, 0.25) is 0 Å². The molecule has 4 nitrogen and oxygen atoms in total. The summed E-state index contributed by atoms with van der Waals surface area (Å²) < 4.78 is 2.02. The van der Waals surface area contributed by atoms with Crippen molar-refractivity contribution in [2.45, 2.75) is 17.9 Å². The molecule has 0 aliphatic carbocycles. The lowest BCUT2D eigenvalue weighted by Crippen LogP contribution is -2.26. The maximum absolute atomic E-state index is 11.9. The van der Waals surface area contributed by atoms with Gasteiger partial charge in [0.05, 0.1) is 17.4 Å². The minimum Gasteiger partial charge on any atom is -0.355 e. The standard InChI is InChI=1S/C18H19N3OS/c22-18(19-11-13-23-15-6-2-1-3-7-15)10-12-21-14-20-16-8-4-5-9-17(16)21/h1-9,14H,10-13H2,(H,19,22). The van der Waals surface area contributed by atoms with E-state index in [2.05, 4.69) is 22.4 Å². The Bertz CT molecular complexity index is 770. The minimum atomic E-state index is 0.0800. The molecule has 1 heterocycles. The fourth-order valence-electron chi connectivity index (χ4n) is 2.37. The number of imidazole rings is 1. The van der Waals surface area contributed by atoms with Gasteiger partial charge in [0.15, 0.2) is 0 Å². The Morgan fingerprint density at radius 3 is 2.74 bits per heavy atom. The van der Waals surface area contributed by atoms with E-state index >= 15 is 0 Å². The summed E-state index contributed by atoms with van der Waals surface area (Å²) in [6.07, 6.45) is 2.26. The van der Waals surface area contributed by atoms with Crippen LogP contribution in [0.3, 0.4) is 0 Å². The molecule has 0 unspecified atom stereocenters. The topological polar surface area (TPSA) is 46.9 Å². The predicted octanol–water partition coefficient (Wildman–Crippen LogP) is 3.33. The largest absolute Gasteiger partial charge is 0.355 e. The van der Waals surface area contributed by atoms with Crippen molar-refractivity contribution in [1.29, 1.82) is 0 Å². The van der Waals surface area contributed by atoms with Gasteiger partial charge in [0, 0.05) is 30.2 Å². The maximum atomic E-state index is 11.9. The van der Waals surface area contributed by atoms with E-state index in [0.29, 0.717) is 19.5 Å². The number of carbonyl (C=O) groups is 1. The molecular formula is C18H19N3OS. The summed E-state index contributed by atoms with van der Waals surface area (Å²) in [5.41, 5.74) is 2.03. The van der Waals surface area contributed by atoms with Gasteiger partial charge in [0.1, 0.15) is 0 Å². The first-order chi connectivity index (χ1) is 11.3. The van der Waals surface area contributed by atoms with Crippen molar-refractivity contribution in [1.82, 2.24) is 14.9 Å². The van der Waals surface area contributed by atoms with Crippen LogP contribution in [0.4, 0.5) is 0 Å². The van der Waals surface area contributed by atoms with E-state index in [4.69, 9.17) is 0 Å². The number of carbonyl (C=O) groups excluding carboxylic acids is 1. The lowest BCUT2D eigenvalue weighted by atomic mass is 10.3. The van der Waals surface area contributed by atoms with Crippen molar-refractivity contribution < 1.29 is 4.79 Å². The summed E-state index contributed by atoms with van der Waals surface area (Å²) in [5, 5.41) is 2.97. The Kier molecular flexibility index (Phi) is 5.32. The number of benzene rings is 2. The lowest BCUT2D eigenvalue weighted by molar-refractivity contribution is -0.121. The molecule has 1 N–H and O–H groups in total. The van der Waals surface area contributed by atoms with E-state index in [0.717, 1.165) is 16.8 Å². The highest BCUT2D eigenvalue weighted by molar-refractivity contribution is 7.99. The highest BCUT2D eigenvalue weighted by atomic mass is 32.2. The highest BCUT2D eigenvalue weighted by Crippen LogP contribution is 2.15. The number of hydrogen-bond donors (Lipinski definition) is 1. The van der Waals surface area contributed by atoms with Crippen LogP contribution in [0.15, 0.2) is 65.8 Å². The smallest absolute Gasteiger partial charge is 0.221 e. The molecule has 0 atom stereocenters. The van der Waals surface area contributed by atoms with Crippen molar-refractivity contribution in [3.8, 4) is 0 Å². The van der Waals surface area contributed by atoms with Crippen molar-refractivity contribution >= 4 is 28.7 Å². The normalized spacial score (nSPS) is 10.8. The Labute approximate surface area is 139 Å². The minimum absolute atomic E-state index is 0.0800. The molecule has 0 aliphatic rings. The number of amides is 1. The van der Waals surface area contributed by atoms with Gasteiger partial charge >= 0.3 is 0 Å². The monoisotopic (exact) mass is 325 g/mol. The molecule has 3 rings (SSSR count). The second-order valence-electron chi connectivity index (χ2n) is 5.19. The van der Waals surface area contributed by atoms with Crippen LogP contribution >= 0.6 is 11.8 Å². The zero-order chi connectivity index (χ0) is 15.9. The Hall–Kier alpha value is -2.27. The molecule has 5 heteroatoms. The number of aromatic nitrogens is 2. The number of aryl methyl sites for hydroxylation is 1. The van der Waals surface area contributed by atoms with Crippen LogP contribution < -0.4 is 5.32 Å². The van der Waals surface area contributed by atoms with E-state index in [1.165, 1.54) is 4.90 Å². The van der Waals surface area contributed by atoms with Crippen LogP contribution in [0.25, 0.3) is 11.0 Å². The van der Waals surface area contributed by atoms with Crippen LogP contribution in [0.1, 0.15) is 6.42 Å². The molecule has 23 heavy (non-hydrogen) atoms. The summed E-state index contributed by atoms with van der Waals surface area (Å²) >= 11 is 1.75. The van der Waals surface area contributed by atoms with Gasteiger partial charge in [-0.25, -0.2) is 4.98 Å². The third kappa shape index (κ3) is 4.36. The first kappa shape index (κ1) is 15.6. The number of nitrogens with zero attached hydrogens (tertiary/aromatic N) is 2. The van der Waals surface area contributed by atoms with Crippen LogP contribution in [-0.4, -0.2) is 27.8 Å². The van der Waals surface area contributed by atoms with E-state index < -0.39 is 0 Å². The summed E-state index contributed by atoms with van der Waals surface area (Å²) in [5.74, 6) is 0.959. The number of rotatable bonds is 7. The molecule has 1 aromatic heterocycles. The van der Waals surface area contributed by atoms with Crippen molar-refractivity contribution in [2.24, 2.45) is 0 Å². The van der Waals surface area contributed by atoms with Gasteiger partial charge in [-0.05, 0) is 24.3 Å². The fourth-order valence-corrected chi connectivity index (χ4v) is 3.16. The maximum Gasteiger partial charge on any atom is 0.221 e. The van der Waals surface area contributed by atoms with Gasteiger partial charge in [-0.1, -0.05) is 30.3 Å². The molecule has 0 fully saturated rings. The van der Waals surface area contributed by atoms with Crippen molar-refractivity contribution in [2.75, 3.05) is 12.3 Å². The number of fused-ring (bicyclic) bond motifs is 1. The van der Waals surface area contributed by atoms with E-state index in [1.54, 1.807) is 18.1 Å². The van der Waals surface area contributed by atoms with Crippen LogP contribution in [-0.2, 0) is 11.3 Å². The number of nitrogens with one attached hydrogen (secondary N) is 1. The Morgan fingerprint density at radius 2 is 1.87 bits per heavy atom. The average Bonchev–Trinajstić information content (AvgIpc) is 3.01. The quantitative estimate of drug-likeness (QED) is 0.535. The Balaban J connectivity index is 1.40. The molecule has 0 spiro atoms. The summed E-state index contributed by atoms with van der Waals surface area (Å²) in [6.45, 7) is 1.33. The van der Waals surface area contributed by atoms with Crippen molar-refractivity contribution in [3.63, 3.8) is 0 Å². The van der Waals surface area contributed by atoms with Crippen LogP contribution in [0, 0.1) is 0 Å². The highest BCUT2D eigenvalue weighted by Gasteiger charge is 2.05. The average molecular weight is 325 g/mol. The molecule has 0 saturated heterocycles. The van der Waals surface area contributed by atoms with Gasteiger partial charge in [-0.15, -0.1) is 11.8 Å². The molecule has 1 amide bonds. The molecule has 0 saturated carbocycles. The van der Waals surface area contributed by atoms with Crippen molar-refractivity contribution in [3.05, 3.63) is 60.9 Å². The van der Waals surface area contributed by atoms with Gasteiger partial charge in [-0.3, -0.25) is 4.79 Å². The zero-order valence-electron chi connectivity index (χ0n) is 12.8. The number of thioether (sulfide) groups is 1. The summed E-state index contributed by atoms with van der Waals surface area (Å²) in [6, 6.07) is 18.2. The third-order valence-corrected chi connectivity index (χ3v) is 4.56. The van der Waals surface area contributed by atoms with Gasteiger partial charge < -0.3 is 9.88 Å². The zero-order valence-corrected chi connectivity index (χ0v) is 13.6. The molecule has 3 aromatic rings. The first-order valence-electron chi connectivity index (χ1n) is 7.67. The van der Waals surface area contributed by atoms with E-state index in [-0.39, 0.29) is 5.91 Å². The molecular weight excluding hydrogens is 306 g/mol. The fraction of sp³-hybridized carbons (Fsp3) is 0.222. The molecule has 2 aromatic carbocycles. The SMILES string of the molecule is O=C(CCn1cnc2ccccc21)NCCSc1ccccc1. The predicted molar refractivity (Wildman–Crippen MR) is 94.5 cm³/mol. The lowest BCUT2D eigenvalue weighted by Gasteiger charge is -2.06. The number of para-hydroxylation sites is 2. The van der Waals surface area contributed by atoms with Gasteiger partial charge in [0.2, 0.25) is 5.91 Å². The summed E-state index contributed by atoms with van der Waals surface area (Å²) in [7, 11) is 0. The second-order valence-corrected chi connectivity index (χ2v) is 6.36. The Morgan fingerprint density at radius 1 is 1.09 bits per heavy atom. The van der Waals surface area contributed by atoms with E-state index in [9.17, 15) is 4.79 Å². The summed E-state index contributed by atoms with van der Waals surface area (Å²) in [4.78, 5) is 17.5. The first-order valence-corrected chi connectivity index (χ1v) is 8.66. The molecule has 118 valence electrons.